The minimum atomic E-state index is 0.533. The summed E-state index contributed by atoms with van der Waals surface area (Å²) in [5.74, 6) is 0.704. The van der Waals surface area contributed by atoms with Gasteiger partial charge in [0, 0.05) is 44.3 Å². The zero-order valence-corrected chi connectivity index (χ0v) is 14.0. The zero-order chi connectivity index (χ0) is 14.9. The lowest BCUT2D eigenvalue weighted by Gasteiger charge is -2.41. The first-order valence-electron chi connectivity index (χ1n) is 7.59. The van der Waals surface area contributed by atoms with Gasteiger partial charge >= 0.3 is 0 Å². The first-order valence-corrected chi connectivity index (χ1v) is 7.97. The van der Waals surface area contributed by atoms with Crippen LogP contribution in [0.1, 0.15) is 38.4 Å². The van der Waals surface area contributed by atoms with E-state index >= 15 is 0 Å². The summed E-state index contributed by atoms with van der Waals surface area (Å²) in [6, 6.07) is 1.11. The number of nitrogens with zero attached hydrogens (tertiary/aromatic N) is 3. The molecule has 1 N–H and O–H groups in total. The van der Waals surface area contributed by atoms with Crippen molar-refractivity contribution >= 4 is 11.6 Å². The third-order valence-electron chi connectivity index (χ3n) is 4.69. The van der Waals surface area contributed by atoms with Crippen LogP contribution >= 0.6 is 11.6 Å². The third kappa shape index (κ3) is 3.18. The Hall–Kier alpha value is -0.580. The van der Waals surface area contributed by atoms with Gasteiger partial charge in [-0.1, -0.05) is 31.9 Å². The highest BCUT2D eigenvalue weighted by Gasteiger charge is 2.29. The van der Waals surface area contributed by atoms with Crippen molar-refractivity contribution in [1.82, 2.24) is 20.0 Å². The van der Waals surface area contributed by atoms with Gasteiger partial charge in [-0.15, -0.1) is 0 Å². The SMILES string of the molecule is CCC(C)C1CN(Cc2c(C)nn(C)c2Cl)C(C)CN1. The standard InChI is InChI=1S/C15H27ClN4/c1-6-10(2)14-9-20(11(3)7-17-14)8-13-12(4)18-19(5)15(13)16/h10-11,14,17H,6-9H2,1-5H3. The predicted octanol–water partition coefficient (Wildman–Crippen LogP) is 2.59. The van der Waals surface area contributed by atoms with Gasteiger partial charge in [-0.3, -0.25) is 9.58 Å². The summed E-state index contributed by atoms with van der Waals surface area (Å²) in [5.41, 5.74) is 2.22. The average Bonchev–Trinajstić information content (AvgIpc) is 2.66. The molecule has 3 unspecified atom stereocenters. The molecule has 2 heterocycles. The smallest absolute Gasteiger partial charge is 0.131 e. The van der Waals surface area contributed by atoms with E-state index in [2.05, 4.69) is 36.1 Å². The molecule has 0 radical (unpaired) electrons. The Kier molecular flexibility index (Phi) is 5.10. The van der Waals surface area contributed by atoms with Crippen molar-refractivity contribution in [2.24, 2.45) is 13.0 Å². The van der Waals surface area contributed by atoms with Crippen molar-refractivity contribution in [2.45, 2.75) is 52.7 Å². The van der Waals surface area contributed by atoms with E-state index in [1.165, 1.54) is 12.0 Å². The largest absolute Gasteiger partial charge is 0.311 e. The van der Waals surface area contributed by atoms with Crippen LogP contribution in [0.3, 0.4) is 0 Å². The molecule has 0 bridgehead atoms. The lowest BCUT2D eigenvalue weighted by Crippen LogP contribution is -2.56. The van der Waals surface area contributed by atoms with Gasteiger partial charge in [0.05, 0.1) is 5.69 Å². The molecule has 0 spiro atoms. The van der Waals surface area contributed by atoms with E-state index in [1.54, 1.807) is 4.68 Å². The van der Waals surface area contributed by atoms with Crippen molar-refractivity contribution in [1.29, 1.82) is 0 Å². The summed E-state index contributed by atoms with van der Waals surface area (Å²) in [6.45, 7) is 11.9. The van der Waals surface area contributed by atoms with E-state index in [4.69, 9.17) is 11.6 Å². The zero-order valence-electron chi connectivity index (χ0n) is 13.3. The summed E-state index contributed by atoms with van der Waals surface area (Å²) < 4.78 is 1.77. The number of hydrogen-bond acceptors (Lipinski definition) is 3. The quantitative estimate of drug-likeness (QED) is 0.927. The Morgan fingerprint density at radius 1 is 1.50 bits per heavy atom. The van der Waals surface area contributed by atoms with E-state index in [-0.39, 0.29) is 0 Å². The summed E-state index contributed by atoms with van der Waals surface area (Å²) >= 11 is 6.37. The first kappa shape index (κ1) is 15.8. The summed E-state index contributed by atoms with van der Waals surface area (Å²) in [6.07, 6.45) is 1.21. The molecule has 1 fully saturated rings. The molecule has 2 rings (SSSR count). The molecule has 0 aliphatic carbocycles. The van der Waals surface area contributed by atoms with Crippen LogP contribution in [-0.2, 0) is 13.6 Å². The molecule has 0 saturated carbocycles. The fourth-order valence-corrected chi connectivity index (χ4v) is 3.13. The fourth-order valence-electron chi connectivity index (χ4n) is 2.89. The number of halogens is 1. The Morgan fingerprint density at radius 2 is 2.20 bits per heavy atom. The van der Waals surface area contributed by atoms with E-state index in [0.29, 0.717) is 18.0 Å². The molecule has 1 saturated heterocycles. The van der Waals surface area contributed by atoms with Crippen LogP contribution in [0.5, 0.6) is 0 Å². The van der Waals surface area contributed by atoms with Gasteiger partial charge in [0.15, 0.2) is 0 Å². The highest BCUT2D eigenvalue weighted by molar-refractivity contribution is 6.30. The highest BCUT2D eigenvalue weighted by Crippen LogP contribution is 2.23. The maximum atomic E-state index is 6.37. The second-order valence-electron chi connectivity index (χ2n) is 6.16. The van der Waals surface area contributed by atoms with Gasteiger partial charge in [-0.2, -0.15) is 5.10 Å². The lowest BCUT2D eigenvalue weighted by molar-refractivity contribution is 0.111. The van der Waals surface area contributed by atoms with Gasteiger partial charge in [0.1, 0.15) is 5.15 Å². The predicted molar refractivity (Wildman–Crippen MR) is 84.1 cm³/mol. The third-order valence-corrected chi connectivity index (χ3v) is 5.16. The van der Waals surface area contributed by atoms with E-state index in [9.17, 15) is 0 Å². The molecule has 114 valence electrons. The van der Waals surface area contributed by atoms with Crippen molar-refractivity contribution in [3.8, 4) is 0 Å². The number of aromatic nitrogens is 2. The molecule has 20 heavy (non-hydrogen) atoms. The monoisotopic (exact) mass is 298 g/mol. The molecule has 4 nitrogen and oxygen atoms in total. The average molecular weight is 299 g/mol. The molecule has 1 aliphatic rings. The minimum Gasteiger partial charge on any atom is -0.311 e. The Bertz CT molecular complexity index is 457. The van der Waals surface area contributed by atoms with Gasteiger partial charge in [0.2, 0.25) is 0 Å². The number of hydrogen-bond donors (Lipinski definition) is 1. The fraction of sp³-hybridized carbons (Fsp3) is 0.800. The van der Waals surface area contributed by atoms with Crippen molar-refractivity contribution in [3.63, 3.8) is 0 Å². The maximum absolute atomic E-state index is 6.37. The van der Waals surface area contributed by atoms with Crippen molar-refractivity contribution < 1.29 is 0 Å². The topological polar surface area (TPSA) is 33.1 Å². The summed E-state index contributed by atoms with van der Waals surface area (Å²) in [5, 5.41) is 8.86. The van der Waals surface area contributed by atoms with Crippen molar-refractivity contribution in [3.05, 3.63) is 16.4 Å². The molecular weight excluding hydrogens is 272 g/mol. The molecular formula is C15H27ClN4. The molecule has 1 aromatic heterocycles. The van der Waals surface area contributed by atoms with Crippen LogP contribution in [0.4, 0.5) is 0 Å². The van der Waals surface area contributed by atoms with Gasteiger partial charge in [-0.05, 0) is 19.8 Å². The molecule has 0 aromatic carbocycles. The molecule has 1 aromatic rings. The van der Waals surface area contributed by atoms with Crippen LogP contribution < -0.4 is 5.32 Å². The summed E-state index contributed by atoms with van der Waals surface area (Å²) in [4.78, 5) is 2.53. The number of piperazine rings is 1. The van der Waals surface area contributed by atoms with Crippen LogP contribution in [0.25, 0.3) is 0 Å². The second-order valence-corrected chi connectivity index (χ2v) is 6.52. The number of aryl methyl sites for hydroxylation is 2. The van der Waals surface area contributed by atoms with Gasteiger partial charge < -0.3 is 5.32 Å². The normalized spacial score (nSPS) is 25.9. The van der Waals surface area contributed by atoms with Crippen LogP contribution in [-0.4, -0.2) is 39.9 Å². The second kappa shape index (κ2) is 6.46. The molecule has 0 amide bonds. The van der Waals surface area contributed by atoms with E-state index in [1.807, 2.05) is 14.0 Å². The molecule has 5 heteroatoms. The number of rotatable bonds is 4. The van der Waals surface area contributed by atoms with Gasteiger partial charge in [0.25, 0.3) is 0 Å². The van der Waals surface area contributed by atoms with Gasteiger partial charge in [-0.25, -0.2) is 0 Å². The van der Waals surface area contributed by atoms with Crippen LogP contribution in [0.2, 0.25) is 5.15 Å². The Balaban J connectivity index is 2.10. The van der Waals surface area contributed by atoms with E-state index in [0.717, 1.165) is 30.5 Å². The Labute approximate surface area is 127 Å². The van der Waals surface area contributed by atoms with Crippen LogP contribution in [0, 0.1) is 12.8 Å². The molecule has 1 aliphatic heterocycles. The number of nitrogens with one attached hydrogen (secondary N) is 1. The van der Waals surface area contributed by atoms with Crippen LogP contribution in [0.15, 0.2) is 0 Å². The maximum Gasteiger partial charge on any atom is 0.131 e. The minimum absolute atomic E-state index is 0.533. The van der Waals surface area contributed by atoms with E-state index < -0.39 is 0 Å². The van der Waals surface area contributed by atoms with Crippen molar-refractivity contribution in [2.75, 3.05) is 13.1 Å². The molecule has 3 atom stereocenters. The highest BCUT2D eigenvalue weighted by atomic mass is 35.5. The Morgan fingerprint density at radius 3 is 2.75 bits per heavy atom. The first-order chi connectivity index (χ1) is 9.43. The summed E-state index contributed by atoms with van der Waals surface area (Å²) in [7, 11) is 1.90. The lowest BCUT2D eigenvalue weighted by atomic mass is 9.95.